The highest BCUT2D eigenvalue weighted by molar-refractivity contribution is 5.96. The Morgan fingerprint density at radius 3 is 2.35 bits per heavy atom. The summed E-state index contributed by atoms with van der Waals surface area (Å²) in [5, 5.41) is 14.0. The molecule has 3 rings (SSSR count). The Morgan fingerprint density at radius 1 is 0.923 bits per heavy atom. The van der Waals surface area contributed by atoms with Gasteiger partial charge in [-0.05, 0) is 28.5 Å². The highest BCUT2D eigenvalue weighted by atomic mass is 16.4. The van der Waals surface area contributed by atoms with Crippen LogP contribution < -0.4 is 5.32 Å². The predicted molar refractivity (Wildman–Crippen MR) is 101 cm³/mol. The number of nitrogens with one attached hydrogen (secondary N) is 1. The van der Waals surface area contributed by atoms with Gasteiger partial charge in [0, 0.05) is 17.9 Å². The third-order valence-corrected chi connectivity index (χ3v) is 3.95. The summed E-state index contributed by atoms with van der Waals surface area (Å²) in [4.78, 5) is 23.5. The van der Waals surface area contributed by atoms with Crippen molar-refractivity contribution in [2.45, 2.75) is 12.5 Å². The fraction of sp³-hybridized carbons (Fsp3) is 0.0909. The molecule has 3 aromatic rings. The average Bonchev–Trinajstić information content (AvgIpc) is 2.66. The van der Waals surface area contributed by atoms with Crippen molar-refractivity contribution in [3.05, 3.63) is 83.9 Å². The number of carbonyl (C=O) groups is 2. The van der Waals surface area contributed by atoms with Gasteiger partial charge in [-0.1, -0.05) is 66.6 Å². The third-order valence-electron chi connectivity index (χ3n) is 3.95. The topological polar surface area (TPSA) is 66.4 Å². The van der Waals surface area contributed by atoms with E-state index in [4.69, 9.17) is 0 Å². The number of hydrogen-bond acceptors (Lipinski definition) is 2. The van der Waals surface area contributed by atoms with E-state index in [0.717, 1.165) is 16.3 Å². The maximum absolute atomic E-state index is 12.0. The smallest absolute Gasteiger partial charge is 0.326 e. The van der Waals surface area contributed by atoms with Crippen LogP contribution in [0.4, 0.5) is 0 Å². The first kappa shape index (κ1) is 17.2. The van der Waals surface area contributed by atoms with Crippen molar-refractivity contribution in [3.63, 3.8) is 0 Å². The van der Waals surface area contributed by atoms with Gasteiger partial charge in [-0.15, -0.1) is 0 Å². The summed E-state index contributed by atoms with van der Waals surface area (Å²) in [5.74, 6) is 3.46. The normalized spacial score (nSPS) is 11.2. The zero-order valence-electron chi connectivity index (χ0n) is 14.0. The van der Waals surface area contributed by atoms with Gasteiger partial charge in [-0.25, -0.2) is 4.79 Å². The largest absolute Gasteiger partial charge is 0.480 e. The summed E-state index contributed by atoms with van der Waals surface area (Å²) in [5.41, 5.74) is 1.54. The van der Waals surface area contributed by atoms with Gasteiger partial charge in [0.15, 0.2) is 0 Å². The lowest BCUT2D eigenvalue weighted by Gasteiger charge is -2.13. The van der Waals surface area contributed by atoms with Gasteiger partial charge in [0.2, 0.25) is 0 Å². The van der Waals surface area contributed by atoms with E-state index in [9.17, 15) is 14.7 Å². The molecule has 0 bridgehead atoms. The highest BCUT2D eigenvalue weighted by Crippen LogP contribution is 2.16. The van der Waals surface area contributed by atoms with E-state index < -0.39 is 17.9 Å². The van der Waals surface area contributed by atoms with E-state index in [1.54, 1.807) is 12.1 Å². The Hall–Kier alpha value is -3.58. The molecule has 0 aliphatic rings. The van der Waals surface area contributed by atoms with Crippen molar-refractivity contribution in [2.75, 3.05) is 0 Å². The van der Waals surface area contributed by atoms with Crippen LogP contribution in [-0.4, -0.2) is 23.0 Å². The van der Waals surface area contributed by atoms with Crippen LogP contribution in [0.15, 0.2) is 72.8 Å². The molecule has 3 aromatic carbocycles. The molecule has 2 N–H and O–H groups in total. The number of fused-ring (bicyclic) bond motifs is 1. The van der Waals surface area contributed by atoms with Crippen LogP contribution in [0.2, 0.25) is 0 Å². The Kier molecular flexibility index (Phi) is 5.31. The number of rotatable bonds is 4. The van der Waals surface area contributed by atoms with Crippen LogP contribution in [0.25, 0.3) is 10.8 Å². The van der Waals surface area contributed by atoms with Gasteiger partial charge < -0.3 is 10.4 Å². The number of benzene rings is 3. The number of carboxylic acid groups (broad SMARTS) is 1. The van der Waals surface area contributed by atoms with Gasteiger partial charge in [0.1, 0.15) is 6.04 Å². The van der Waals surface area contributed by atoms with Gasteiger partial charge in [0.05, 0.1) is 0 Å². The standard InChI is InChI=1S/C22H17NO3/c24-21(13-11-16-6-2-1-3-7-16)23-20(22(25)26)15-17-10-12-18-8-4-5-9-19(18)14-17/h1-10,12,14,20H,15H2,(H,23,24)(H,25,26). The second-order valence-electron chi connectivity index (χ2n) is 5.87. The van der Waals surface area contributed by atoms with Crippen molar-refractivity contribution < 1.29 is 14.7 Å². The summed E-state index contributed by atoms with van der Waals surface area (Å²) >= 11 is 0. The molecular formula is C22H17NO3. The van der Waals surface area contributed by atoms with E-state index >= 15 is 0 Å². The fourth-order valence-electron chi connectivity index (χ4n) is 2.65. The molecule has 0 aliphatic carbocycles. The Morgan fingerprint density at radius 2 is 1.62 bits per heavy atom. The average molecular weight is 343 g/mol. The number of aliphatic carboxylic acids is 1. The van der Waals surface area contributed by atoms with Gasteiger partial charge in [0.25, 0.3) is 5.91 Å². The molecule has 0 aromatic heterocycles. The molecule has 1 atom stereocenters. The summed E-state index contributed by atoms with van der Waals surface area (Å²) in [7, 11) is 0. The lowest BCUT2D eigenvalue weighted by molar-refractivity contribution is -0.141. The molecule has 1 unspecified atom stereocenters. The van der Waals surface area contributed by atoms with Gasteiger partial charge in [-0.2, -0.15) is 0 Å². The molecule has 4 heteroatoms. The van der Waals surface area contributed by atoms with E-state index in [-0.39, 0.29) is 6.42 Å². The molecule has 128 valence electrons. The predicted octanol–water partition coefficient (Wildman–Crippen LogP) is 3.00. The van der Waals surface area contributed by atoms with Gasteiger partial charge in [-0.3, -0.25) is 4.79 Å². The van der Waals surface area contributed by atoms with Crippen LogP contribution in [0.1, 0.15) is 11.1 Å². The SMILES string of the molecule is O=C(C#Cc1ccccc1)NC(Cc1ccc2ccccc2c1)C(=O)O. The van der Waals surface area contributed by atoms with Crippen LogP contribution in [0.5, 0.6) is 0 Å². The first-order chi connectivity index (χ1) is 12.6. The fourth-order valence-corrected chi connectivity index (χ4v) is 2.65. The second kappa shape index (κ2) is 8.00. The first-order valence-electron chi connectivity index (χ1n) is 8.20. The van der Waals surface area contributed by atoms with Crippen LogP contribution in [-0.2, 0) is 16.0 Å². The molecule has 0 aliphatic heterocycles. The van der Waals surface area contributed by atoms with E-state index in [2.05, 4.69) is 17.2 Å². The zero-order valence-corrected chi connectivity index (χ0v) is 14.0. The van der Waals surface area contributed by atoms with Crippen molar-refractivity contribution >= 4 is 22.6 Å². The molecule has 0 saturated heterocycles. The van der Waals surface area contributed by atoms with Gasteiger partial charge >= 0.3 is 5.97 Å². The number of amides is 1. The van der Waals surface area contributed by atoms with Crippen molar-refractivity contribution in [1.29, 1.82) is 0 Å². The molecule has 26 heavy (non-hydrogen) atoms. The molecule has 0 spiro atoms. The first-order valence-corrected chi connectivity index (χ1v) is 8.20. The van der Waals surface area contributed by atoms with E-state index in [1.165, 1.54) is 0 Å². The minimum Gasteiger partial charge on any atom is -0.480 e. The highest BCUT2D eigenvalue weighted by Gasteiger charge is 2.19. The number of carboxylic acids is 1. The molecular weight excluding hydrogens is 326 g/mol. The zero-order chi connectivity index (χ0) is 18.4. The quantitative estimate of drug-likeness (QED) is 0.716. The number of hydrogen-bond donors (Lipinski definition) is 2. The van der Waals surface area contributed by atoms with Crippen LogP contribution >= 0.6 is 0 Å². The lowest BCUT2D eigenvalue weighted by atomic mass is 10.0. The summed E-state index contributed by atoms with van der Waals surface area (Å²) in [6.45, 7) is 0. The maximum Gasteiger partial charge on any atom is 0.326 e. The van der Waals surface area contributed by atoms with Crippen molar-refractivity contribution in [2.24, 2.45) is 0 Å². The van der Waals surface area contributed by atoms with E-state index in [1.807, 2.05) is 60.7 Å². The Bertz CT molecular complexity index is 1000. The molecule has 0 heterocycles. The number of carbonyl (C=O) groups excluding carboxylic acids is 1. The summed E-state index contributed by atoms with van der Waals surface area (Å²) in [6, 6.07) is 21.6. The van der Waals surface area contributed by atoms with Crippen LogP contribution in [0, 0.1) is 11.8 Å². The summed E-state index contributed by atoms with van der Waals surface area (Å²) < 4.78 is 0. The van der Waals surface area contributed by atoms with Crippen LogP contribution in [0.3, 0.4) is 0 Å². The summed E-state index contributed by atoms with van der Waals surface area (Å²) in [6.07, 6.45) is 0.193. The molecule has 0 fully saturated rings. The molecule has 1 amide bonds. The molecule has 0 saturated carbocycles. The monoisotopic (exact) mass is 343 g/mol. The lowest BCUT2D eigenvalue weighted by Crippen LogP contribution is -2.41. The Balaban J connectivity index is 1.71. The van der Waals surface area contributed by atoms with Crippen molar-refractivity contribution in [3.8, 4) is 11.8 Å². The minimum absolute atomic E-state index is 0.193. The molecule has 4 nitrogen and oxygen atoms in total. The van der Waals surface area contributed by atoms with Crippen molar-refractivity contribution in [1.82, 2.24) is 5.32 Å². The third kappa shape index (κ3) is 4.49. The van der Waals surface area contributed by atoms with E-state index in [0.29, 0.717) is 5.56 Å². The minimum atomic E-state index is -1.09. The molecule has 0 radical (unpaired) electrons. The maximum atomic E-state index is 12.0. The Labute approximate surface area is 151 Å². The second-order valence-corrected chi connectivity index (χ2v) is 5.87.